The molecule has 8 heteroatoms. The van der Waals surface area contributed by atoms with Crippen LogP contribution >= 0.6 is 11.8 Å². The van der Waals surface area contributed by atoms with Crippen LogP contribution in [0.2, 0.25) is 0 Å². The fraction of sp³-hybridized carbons (Fsp3) is 0.700. The maximum atomic E-state index is 14.6. The van der Waals surface area contributed by atoms with E-state index in [1.807, 2.05) is 0 Å². The van der Waals surface area contributed by atoms with E-state index in [-0.39, 0.29) is 30.9 Å². The third-order valence-electron chi connectivity index (χ3n) is 10.4. The quantitative estimate of drug-likeness (QED) is 0.221. The zero-order chi connectivity index (χ0) is 27.1. The molecule has 2 aliphatic carbocycles. The monoisotopic (exact) mass is 543 g/mol. The van der Waals surface area contributed by atoms with Crippen molar-refractivity contribution in [2.24, 2.45) is 16.7 Å². The van der Waals surface area contributed by atoms with Gasteiger partial charge in [0.1, 0.15) is 11.9 Å². The Morgan fingerprint density at radius 2 is 1.84 bits per heavy atom. The smallest absolute Gasteiger partial charge is 0.258 e. The molecule has 1 unspecified atom stereocenters. The van der Waals surface area contributed by atoms with Gasteiger partial charge >= 0.3 is 0 Å². The summed E-state index contributed by atoms with van der Waals surface area (Å²) in [7, 11) is 0. The lowest BCUT2D eigenvalue weighted by molar-refractivity contribution is -0.136. The van der Waals surface area contributed by atoms with Crippen LogP contribution in [0, 0.1) is 22.6 Å². The molecule has 1 aromatic rings. The average Bonchev–Trinajstić information content (AvgIpc) is 3.40. The molecule has 3 amide bonds. The molecule has 3 fully saturated rings. The van der Waals surface area contributed by atoms with Crippen LogP contribution in [0.15, 0.2) is 17.0 Å². The number of carbonyl (C=O) groups excluding carboxylic acids is 3. The number of unbranched alkanes of at least 4 members (excludes halogenated alkanes) is 4. The van der Waals surface area contributed by atoms with Crippen molar-refractivity contribution in [2.45, 2.75) is 109 Å². The zero-order valence-corrected chi connectivity index (χ0v) is 23.9. The van der Waals surface area contributed by atoms with Gasteiger partial charge in [-0.3, -0.25) is 19.7 Å². The minimum absolute atomic E-state index is 0.0833. The summed E-state index contributed by atoms with van der Waals surface area (Å²) in [6.45, 7) is 8.75. The van der Waals surface area contributed by atoms with E-state index in [0.29, 0.717) is 22.4 Å². The van der Waals surface area contributed by atoms with Crippen molar-refractivity contribution < 1.29 is 18.8 Å². The van der Waals surface area contributed by atoms with Crippen molar-refractivity contribution in [3.05, 3.63) is 29.1 Å². The third kappa shape index (κ3) is 4.91. The lowest BCUT2D eigenvalue weighted by Gasteiger charge is -2.39. The van der Waals surface area contributed by atoms with Crippen molar-refractivity contribution in [3.63, 3.8) is 0 Å². The first-order valence-corrected chi connectivity index (χ1v) is 15.4. The van der Waals surface area contributed by atoms with Crippen molar-refractivity contribution in [1.29, 1.82) is 0 Å². The number of halogens is 1. The molecule has 4 atom stereocenters. The second-order valence-corrected chi connectivity index (χ2v) is 13.7. The Kier molecular flexibility index (Phi) is 7.94. The van der Waals surface area contributed by atoms with Gasteiger partial charge < -0.3 is 10.2 Å². The normalized spacial score (nSPS) is 29.7. The maximum Gasteiger partial charge on any atom is 0.258 e. The molecular formula is C30H42FN3O3S. The van der Waals surface area contributed by atoms with Crippen LogP contribution in [0.3, 0.4) is 0 Å². The average molecular weight is 544 g/mol. The van der Waals surface area contributed by atoms with Crippen LogP contribution in [0.1, 0.15) is 101 Å². The van der Waals surface area contributed by atoms with E-state index in [0.717, 1.165) is 36.0 Å². The predicted molar refractivity (Wildman–Crippen MR) is 147 cm³/mol. The molecular weight excluding hydrogens is 501 g/mol. The van der Waals surface area contributed by atoms with E-state index in [9.17, 15) is 18.8 Å². The Morgan fingerprint density at radius 1 is 1.08 bits per heavy atom. The second-order valence-electron chi connectivity index (χ2n) is 12.5. The van der Waals surface area contributed by atoms with E-state index in [4.69, 9.17) is 0 Å². The van der Waals surface area contributed by atoms with Crippen LogP contribution in [0.4, 0.5) is 4.39 Å². The molecule has 4 aliphatic rings. The molecule has 2 heterocycles. The highest BCUT2D eigenvalue weighted by Crippen LogP contribution is 2.65. The maximum absolute atomic E-state index is 14.6. The van der Waals surface area contributed by atoms with Crippen LogP contribution in [-0.4, -0.2) is 47.0 Å². The van der Waals surface area contributed by atoms with E-state index in [2.05, 4.69) is 31.4 Å². The van der Waals surface area contributed by atoms with Crippen LogP contribution in [0.25, 0.3) is 0 Å². The van der Waals surface area contributed by atoms with Crippen molar-refractivity contribution >= 4 is 29.5 Å². The third-order valence-corrected chi connectivity index (χ3v) is 11.6. The number of thioether (sulfide) groups is 1. The molecule has 0 spiro atoms. The van der Waals surface area contributed by atoms with Gasteiger partial charge in [0.15, 0.2) is 0 Å². The Hall–Kier alpha value is -1.93. The van der Waals surface area contributed by atoms with Crippen molar-refractivity contribution in [2.75, 3.05) is 12.3 Å². The standard InChI is InChI=1S/C30H42FN3O3S/c1-29(2)19-13-14-30(29,3)24(17-19)32-15-7-5-4-6-8-16-38-23-11-9-21(31)26-20(23)18-34(28(26)37)22-10-12-25(35)33-27(22)36/h9,11,19,22,24,32H,4-8,10,12-18H2,1-3H3,(H,33,35,36)/t19-,22?,24+,30+/m1/s1. The lowest BCUT2D eigenvalue weighted by Crippen LogP contribution is -2.52. The Balaban J connectivity index is 1.02. The molecule has 208 valence electrons. The fourth-order valence-electron chi connectivity index (χ4n) is 7.47. The van der Waals surface area contributed by atoms with Gasteiger partial charge in [0.2, 0.25) is 11.8 Å². The number of amides is 3. The Morgan fingerprint density at radius 3 is 2.55 bits per heavy atom. The van der Waals surface area contributed by atoms with Gasteiger partial charge in [0.05, 0.1) is 5.56 Å². The number of piperidine rings is 1. The molecule has 0 aromatic heterocycles. The van der Waals surface area contributed by atoms with Gasteiger partial charge in [-0.25, -0.2) is 4.39 Å². The number of fused-ring (bicyclic) bond motifs is 3. The highest BCUT2D eigenvalue weighted by molar-refractivity contribution is 7.99. The highest BCUT2D eigenvalue weighted by Gasteiger charge is 2.60. The summed E-state index contributed by atoms with van der Waals surface area (Å²) >= 11 is 1.67. The summed E-state index contributed by atoms with van der Waals surface area (Å²) in [6.07, 6.45) is 10.5. The summed E-state index contributed by atoms with van der Waals surface area (Å²) in [5.41, 5.74) is 1.66. The number of nitrogens with one attached hydrogen (secondary N) is 2. The summed E-state index contributed by atoms with van der Waals surface area (Å²) in [5, 5.41) is 6.19. The van der Waals surface area contributed by atoms with Gasteiger partial charge in [0, 0.05) is 29.5 Å². The number of carbonyl (C=O) groups is 3. The molecule has 1 saturated heterocycles. The van der Waals surface area contributed by atoms with Crippen LogP contribution < -0.4 is 10.6 Å². The van der Waals surface area contributed by atoms with Crippen LogP contribution in [0.5, 0.6) is 0 Å². The first kappa shape index (κ1) is 27.6. The molecule has 2 N–H and O–H groups in total. The van der Waals surface area contributed by atoms with E-state index in [1.54, 1.807) is 17.8 Å². The number of hydrogen-bond donors (Lipinski definition) is 2. The van der Waals surface area contributed by atoms with Crippen molar-refractivity contribution in [1.82, 2.24) is 15.5 Å². The van der Waals surface area contributed by atoms with Gasteiger partial charge in [-0.05, 0) is 79.7 Å². The van der Waals surface area contributed by atoms with E-state index < -0.39 is 23.7 Å². The topological polar surface area (TPSA) is 78.5 Å². The van der Waals surface area contributed by atoms with E-state index >= 15 is 0 Å². The molecule has 38 heavy (non-hydrogen) atoms. The van der Waals surface area contributed by atoms with Gasteiger partial charge in [-0.15, -0.1) is 11.8 Å². The number of benzene rings is 1. The molecule has 2 aliphatic heterocycles. The molecule has 6 nitrogen and oxygen atoms in total. The fourth-order valence-corrected chi connectivity index (χ4v) is 8.54. The van der Waals surface area contributed by atoms with Crippen molar-refractivity contribution in [3.8, 4) is 0 Å². The number of imide groups is 1. The zero-order valence-electron chi connectivity index (χ0n) is 23.0. The predicted octanol–water partition coefficient (Wildman–Crippen LogP) is 5.43. The molecule has 2 bridgehead atoms. The Bertz CT molecular complexity index is 1110. The summed E-state index contributed by atoms with van der Waals surface area (Å²) < 4.78 is 14.6. The molecule has 1 aromatic carbocycles. The Labute approximate surface area is 230 Å². The van der Waals surface area contributed by atoms with Gasteiger partial charge in [0.25, 0.3) is 5.91 Å². The number of nitrogens with zero attached hydrogens (tertiary/aromatic N) is 1. The number of hydrogen-bond acceptors (Lipinski definition) is 5. The summed E-state index contributed by atoms with van der Waals surface area (Å²) in [4.78, 5) is 39.1. The first-order valence-electron chi connectivity index (χ1n) is 14.5. The van der Waals surface area contributed by atoms with Gasteiger partial charge in [-0.2, -0.15) is 0 Å². The summed E-state index contributed by atoms with van der Waals surface area (Å²) in [5.74, 6) is 0.00362. The van der Waals surface area contributed by atoms with Gasteiger partial charge in [-0.1, -0.05) is 40.0 Å². The number of rotatable bonds is 11. The lowest BCUT2D eigenvalue weighted by atomic mass is 9.69. The summed E-state index contributed by atoms with van der Waals surface area (Å²) in [6, 6.07) is 3.06. The minimum atomic E-state index is -0.725. The molecule has 0 radical (unpaired) electrons. The highest BCUT2D eigenvalue weighted by atomic mass is 32.2. The van der Waals surface area contributed by atoms with E-state index in [1.165, 1.54) is 49.5 Å². The largest absolute Gasteiger partial charge is 0.322 e. The minimum Gasteiger partial charge on any atom is -0.322 e. The molecule has 5 rings (SSSR count). The second kappa shape index (κ2) is 10.9. The first-order chi connectivity index (χ1) is 18.1. The SMILES string of the molecule is CC1(C)[C@@H]2CC[C@@]1(C)[C@@H](NCCCCCCCSc1ccc(F)c3c1CN(C1CCC(=O)NC1=O)C3=O)C2. The van der Waals surface area contributed by atoms with Crippen LogP contribution in [-0.2, 0) is 16.1 Å². The molecule has 2 saturated carbocycles.